The highest BCUT2D eigenvalue weighted by atomic mass is 16.5. The summed E-state index contributed by atoms with van der Waals surface area (Å²) in [6, 6.07) is 9.78. The van der Waals surface area contributed by atoms with Crippen molar-refractivity contribution in [2.75, 3.05) is 6.61 Å². The van der Waals surface area contributed by atoms with E-state index in [0.29, 0.717) is 19.6 Å². The molecule has 0 aliphatic heterocycles. The highest BCUT2D eigenvalue weighted by molar-refractivity contribution is 5.13. The van der Waals surface area contributed by atoms with Gasteiger partial charge in [-0.1, -0.05) is 30.3 Å². The van der Waals surface area contributed by atoms with Crippen LogP contribution in [-0.4, -0.2) is 23.9 Å². The van der Waals surface area contributed by atoms with Crippen LogP contribution in [0, 0.1) is 0 Å². The van der Waals surface area contributed by atoms with E-state index >= 15 is 0 Å². The second kappa shape index (κ2) is 6.56. The lowest BCUT2D eigenvalue weighted by molar-refractivity contribution is 0.0650. The van der Waals surface area contributed by atoms with Crippen molar-refractivity contribution in [2.24, 2.45) is 5.73 Å². The van der Waals surface area contributed by atoms with Crippen LogP contribution in [0.2, 0.25) is 0 Å². The molecule has 0 saturated heterocycles. The largest absolute Gasteiger partial charge is 0.391 e. The van der Waals surface area contributed by atoms with Gasteiger partial charge in [-0.25, -0.2) is 0 Å². The van der Waals surface area contributed by atoms with E-state index in [0.717, 1.165) is 5.56 Å². The van der Waals surface area contributed by atoms with E-state index in [2.05, 4.69) is 0 Å². The van der Waals surface area contributed by atoms with E-state index < -0.39 is 6.10 Å². The summed E-state index contributed by atoms with van der Waals surface area (Å²) in [6.45, 7) is 2.92. The maximum atomic E-state index is 9.42. The van der Waals surface area contributed by atoms with Crippen molar-refractivity contribution in [2.45, 2.75) is 32.1 Å². The Morgan fingerprint density at radius 3 is 2.60 bits per heavy atom. The molecule has 0 spiro atoms. The molecular formula is C12H19NO2. The molecule has 3 N–H and O–H groups in total. The Labute approximate surface area is 90.9 Å². The molecule has 84 valence electrons. The minimum atomic E-state index is -0.472. The van der Waals surface area contributed by atoms with Gasteiger partial charge >= 0.3 is 0 Å². The number of ether oxygens (including phenoxy) is 1. The van der Waals surface area contributed by atoms with Crippen LogP contribution < -0.4 is 5.73 Å². The van der Waals surface area contributed by atoms with E-state index in [9.17, 15) is 5.11 Å². The third-order valence-corrected chi connectivity index (χ3v) is 2.28. The van der Waals surface area contributed by atoms with Crippen molar-refractivity contribution in [3.05, 3.63) is 35.9 Å². The van der Waals surface area contributed by atoms with Crippen molar-refractivity contribution in [1.29, 1.82) is 0 Å². The zero-order valence-corrected chi connectivity index (χ0v) is 9.10. The first-order chi connectivity index (χ1) is 7.20. The standard InChI is InChI=1S/C12H19NO2/c1-10(13)12(14)7-8-15-9-11-5-3-2-4-6-11/h2-6,10,12,14H,7-9,13H2,1H3/t10-,12-/m1/s1. The maximum Gasteiger partial charge on any atom is 0.0716 e. The smallest absolute Gasteiger partial charge is 0.0716 e. The van der Waals surface area contributed by atoms with Crippen LogP contribution >= 0.6 is 0 Å². The molecule has 0 aliphatic carbocycles. The molecule has 1 aromatic rings. The molecule has 0 heterocycles. The van der Waals surface area contributed by atoms with Crippen molar-refractivity contribution in [1.82, 2.24) is 0 Å². The van der Waals surface area contributed by atoms with Gasteiger partial charge in [-0.05, 0) is 18.9 Å². The number of nitrogens with two attached hydrogens (primary N) is 1. The van der Waals surface area contributed by atoms with E-state index in [1.54, 1.807) is 6.92 Å². The number of benzene rings is 1. The molecule has 2 atom stereocenters. The predicted octanol–water partition coefficient (Wildman–Crippen LogP) is 1.30. The van der Waals surface area contributed by atoms with E-state index in [-0.39, 0.29) is 6.04 Å². The van der Waals surface area contributed by atoms with Crippen molar-refractivity contribution < 1.29 is 9.84 Å². The summed E-state index contributed by atoms with van der Waals surface area (Å²) in [5.41, 5.74) is 6.67. The van der Waals surface area contributed by atoms with Crippen LogP contribution in [0.25, 0.3) is 0 Å². The molecule has 0 aliphatic rings. The van der Waals surface area contributed by atoms with Gasteiger partial charge in [-0.15, -0.1) is 0 Å². The third-order valence-electron chi connectivity index (χ3n) is 2.28. The quantitative estimate of drug-likeness (QED) is 0.694. The molecule has 0 fully saturated rings. The predicted molar refractivity (Wildman–Crippen MR) is 60.4 cm³/mol. The maximum absolute atomic E-state index is 9.42. The van der Waals surface area contributed by atoms with E-state index in [1.165, 1.54) is 0 Å². The minimum absolute atomic E-state index is 0.190. The normalized spacial score (nSPS) is 14.9. The van der Waals surface area contributed by atoms with Crippen LogP contribution in [-0.2, 0) is 11.3 Å². The van der Waals surface area contributed by atoms with Crippen LogP contribution in [0.1, 0.15) is 18.9 Å². The number of aliphatic hydroxyl groups excluding tert-OH is 1. The molecule has 1 aromatic carbocycles. The fraction of sp³-hybridized carbons (Fsp3) is 0.500. The summed E-state index contributed by atoms with van der Waals surface area (Å²) in [7, 11) is 0. The van der Waals surface area contributed by atoms with Crippen LogP contribution in [0.15, 0.2) is 30.3 Å². The Hall–Kier alpha value is -0.900. The first-order valence-corrected chi connectivity index (χ1v) is 5.25. The minimum Gasteiger partial charge on any atom is -0.391 e. The monoisotopic (exact) mass is 209 g/mol. The molecule has 0 amide bonds. The van der Waals surface area contributed by atoms with Gasteiger partial charge in [0.05, 0.1) is 12.7 Å². The van der Waals surface area contributed by atoms with Crippen molar-refractivity contribution in [3.63, 3.8) is 0 Å². The summed E-state index contributed by atoms with van der Waals surface area (Å²) in [4.78, 5) is 0. The Morgan fingerprint density at radius 1 is 1.33 bits per heavy atom. The number of aliphatic hydroxyl groups is 1. The lowest BCUT2D eigenvalue weighted by atomic mass is 10.1. The van der Waals surface area contributed by atoms with Gasteiger partial charge in [-0.2, -0.15) is 0 Å². The zero-order chi connectivity index (χ0) is 11.1. The molecule has 1 rings (SSSR count). The van der Waals surface area contributed by atoms with Crippen molar-refractivity contribution >= 4 is 0 Å². The SMILES string of the molecule is C[C@@H](N)[C@H](O)CCOCc1ccccc1. The Kier molecular flexibility index (Phi) is 5.32. The Bertz CT molecular complexity index is 262. The topological polar surface area (TPSA) is 55.5 Å². The highest BCUT2D eigenvalue weighted by Crippen LogP contribution is 2.02. The van der Waals surface area contributed by atoms with E-state index in [4.69, 9.17) is 10.5 Å². The second-order valence-corrected chi connectivity index (χ2v) is 3.75. The van der Waals surface area contributed by atoms with Crippen LogP contribution in [0.4, 0.5) is 0 Å². The summed E-state index contributed by atoms with van der Waals surface area (Å²) in [5, 5.41) is 9.42. The van der Waals surface area contributed by atoms with Gasteiger partial charge in [0.1, 0.15) is 0 Å². The Balaban J connectivity index is 2.12. The van der Waals surface area contributed by atoms with Gasteiger partial charge in [0.25, 0.3) is 0 Å². The molecule has 15 heavy (non-hydrogen) atoms. The summed E-state index contributed by atoms with van der Waals surface area (Å²) in [6.07, 6.45) is 0.116. The summed E-state index contributed by atoms with van der Waals surface area (Å²) < 4.78 is 5.42. The fourth-order valence-corrected chi connectivity index (χ4v) is 1.23. The molecule has 0 radical (unpaired) electrons. The highest BCUT2D eigenvalue weighted by Gasteiger charge is 2.08. The summed E-state index contributed by atoms with van der Waals surface area (Å²) in [5.74, 6) is 0. The molecule has 0 bridgehead atoms. The van der Waals surface area contributed by atoms with Crippen molar-refractivity contribution in [3.8, 4) is 0 Å². The first kappa shape index (κ1) is 12.2. The van der Waals surface area contributed by atoms with E-state index in [1.807, 2.05) is 30.3 Å². The molecule has 0 unspecified atom stereocenters. The number of hydrogen-bond acceptors (Lipinski definition) is 3. The number of hydrogen-bond donors (Lipinski definition) is 2. The van der Waals surface area contributed by atoms with Gasteiger partial charge in [0.15, 0.2) is 0 Å². The van der Waals surface area contributed by atoms with Gasteiger partial charge in [0.2, 0.25) is 0 Å². The average Bonchev–Trinajstić information content (AvgIpc) is 2.25. The molecular weight excluding hydrogens is 190 g/mol. The average molecular weight is 209 g/mol. The molecule has 0 aromatic heterocycles. The lowest BCUT2D eigenvalue weighted by Gasteiger charge is -2.14. The second-order valence-electron chi connectivity index (χ2n) is 3.75. The Morgan fingerprint density at radius 2 is 2.00 bits per heavy atom. The molecule has 0 saturated carbocycles. The number of rotatable bonds is 6. The van der Waals surface area contributed by atoms with Crippen LogP contribution in [0.5, 0.6) is 0 Å². The van der Waals surface area contributed by atoms with Crippen LogP contribution in [0.3, 0.4) is 0 Å². The van der Waals surface area contributed by atoms with Gasteiger partial charge in [-0.3, -0.25) is 0 Å². The molecule has 3 heteroatoms. The van der Waals surface area contributed by atoms with Gasteiger partial charge < -0.3 is 15.6 Å². The third kappa shape index (κ3) is 4.93. The lowest BCUT2D eigenvalue weighted by Crippen LogP contribution is -2.32. The first-order valence-electron chi connectivity index (χ1n) is 5.25. The van der Waals surface area contributed by atoms with Gasteiger partial charge in [0, 0.05) is 12.6 Å². The zero-order valence-electron chi connectivity index (χ0n) is 9.10. The summed E-state index contributed by atoms with van der Waals surface area (Å²) >= 11 is 0. The fourth-order valence-electron chi connectivity index (χ4n) is 1.23. The molecule has 3 nitrogen and oxygen atoms in total.